The van der Waals surface area contributed by atoms with Gasteiger partial charge in [0.05, 0.1) is 0 Å². The van der Waals surface area contributed by atoms with E-state index in [0.717, 1.165) is 12.6 Å². The van der Waals surface area contributed by atoms with Crippen molar-refractivity contribution in [1.29, 1.82) is 0 Å². The third kappa shape index (κ3) is 3.46. The monoisotopic (exact) mass is 226 g/mol. The van der Waals surface area contributed by atoms with Gasteiger partial charge in [-0.2, -0.15) is 0 Å². The second-order valence-corrected chi connectivity index (χ2v) is 6.29. The van der Waals surface area contributed by atoms with E-state index in [-0.39, 0.29) is 0 Å². The van der Waals surface area contributed by atoms with Gasteiger partial charge < -0.3 is 5.73 Å². The molecule has 1 heterocycles. The van der Waals surface area contributed by atoms with Crippen LogP contribution in [0.2, 0.25) is 0 Å². The summed E-state index contributed by atoms with van der Waals surface area (Å²) in [5.74, 6) is 0. The summed E-state index contributed by atoms with van der Waals surface area (Å²) >= 11 is 0. The Morgan fingerprint density at radius 2 is 2.00 bits per heavy atom. The number of nitrogens with two attached hydrogens (primary N) is 1. The fourth-order valence-corrected chi connectivity index (χ4v) is 3.06. The molecule has 0 spiro atoms. The summed E-state index contributed by atoms with van der Waals surface area (Å²) in [6, 6.07) is 1.33. The highest BCUT2D eigenvalue weighted by molar-refractivity contribution is 4.89. The van der Waals surface area contributed by atoms with Crippen LogP contribution in [0.3, 0.4) is 0 Å². The molecule has 0 amide bonds. The van der Waals surface area contributed by atoms with Gasteiger partial charge in [0.15, 0.2) is 0 Å². The van der Waals surface area contributed by atoms with Crippen molar-refractivity contribution in [2.45, 2.75) is 71.9 Å². The fraction of sp³-hybridized carbons (Fsp3) is 1.00. The van der Waals surface area contributed by atoms with Crippen LogP contribution in [0.25, 0.3) is 0 Å². The maximum atomic E-state index is 6.01. The van der Waals surface area contributed by atoms with Crippen molar-refractivity contribution >= 4 is 0 Å². The zero-order chi connectivity index (χ0) is 12.2. The number of piperidine rings is 1. The predicted molar refractivity (Wildman–Crippen MR) is 71.6 cm³/mol. The van der Waals surface area contributed by atoms with E-state index >= 15 is 0 Å². The van der Waals surface area contributed by atoms with Gasteiger partial charge in [0.1, 0.15) is 0 Å². The molecule has 1 fully saturated rings. The summed E-state index contributed by atoms with van der Waals surface area (Å²) in [6.07, 6.45) is 6.77. The second-order valence-electron chi connectivity index (χ2n) is 6.29. The SMILES string of the molecule is CCCC1CCCCN1C(CN)C(C)(C)C. The number of rotatable bonds is 4. The topological polar surface area (TPSA) is 29.3 Å². The Morgan fingerprint density at radius 1 is 1.31 bits per heavy atom. The molecule has 1 saturated heterocycles. The van der Waals surface area contributed by atoms with Crippen LogP contribution in [0.15, 0.2) is 0 Å². The van der Waals surface area contributed by atoms with Crippen LogP contribution in [0.4, 0.5) is 0 Å². The summed E-state index contributed by atoms with van der Waals surface area (Å²) in [6.45, 7) is 11.3. The Morgan fingerprint density at radius 3 is 2.50 bits per heavy atom. The highest BCUT2D eigenvalue weighted by Crippen LogP contribution is 2.30. The molecule has 1 aliphatic rings. The molecule has 1 rings (SSSR count). The molecule has 0 aliphatic carbocycles. The van der Waals surface area contributed by atoms with Crippen molar-refractivity contribution in [2.75, 3.05) is 13.1 Å². The number of hydrogen-bond acceptors (Lipinski definition) is 2. The largest absolute Gasteiger partial charge is 0.329 e. The van der Waals surface area contributed by atoms with Gasteiger partial charge in [-0.3, -0.25) is 4.90 Å². The van der Waals surface area contributed by atoms with Crippen molar-refractivity contribution in [3.05, 3.63) is 0 Å². The van der Waals surface area contributed by atoms with Gasteiger partial charge in [-0.15, -0.1) is 0 Å². The molecular weight excluding hydrogens is 196 g/mol. The zero-order valence-corrected chi connectivity index (χ0v) is 11.6. The van der Waals surface area contributed by atoms with Crippen LogP contribution in [0, 0.1) is 5.41 Å². The molecule has 2 unspecified atom stereocenters. The van der Waals surface area contributed by atoms with E-state index in [4.69, 9.17) is 5.73 Å². The average Bonchev–Trinajstić information content (AvgIpc) is 2.20. The van der Waals surface area contributed by atoms with Crippen LogP contribution in [-0.4, -0.2) is 30.1 Å². The standard InChI is InChI=1S/C14H30N2/c1-5-8-12-9-6-7-10-16(12)13(11-15)14(2,3)4/h12-13H,5-11,15H2,1-4H3. The minimum Gasteiger partial charge on any atom is -0.329 e. The first-order chi connectivity index (χ1) is 7.50. The van der Waals surface area contributed by atoms with E-state index in [1.165, 1.54) is 38.6 Å². The zero-order valence-electron chi connectivity index (χ0n) is 11.6. The molecule has 0 saturated carbocycles. The third-order valence-electron chi connectivity index (χ3n) is 3.92. The highest BCUT2D eigenvalue weighted by Gasteiger charge is 2.34. The maximum Gasteiger partial charge on any atom is 0.0269 e. The van der Waals surface area contributed by atoms with Crippen molar-refractivity contribution in [1.82, 2.24) is 4.90 Å². The van der Waals surface area contributed by atoms with Crippen LogP contribution >= 0.6 is 0 Å². The molecule has 2 N–H and O–H groups in total. The molecule has 96 valence electrons. The first-order valence-electron chi connectivity index (χ1n) is 6.96. The lowest BCUT2D eigenvalue weighted by Gasteiger charge is -2.46. The summed E-state index contributed by atoms with van der Waals surface area (Å²) < 4.78 is 0. The average molecular weight is 226 g/mol. The van der Waals surface area contributed by atoms with Gasteiger partial charge in [0.25, 0.3) is 0 Å². The summed E-state index contributed by atoms with van der Waals surface area (Å²) in [7, 11) is 0. The quantitative estimate of drug-likeness (QED) is 0.798. The van der Waals surface area contributed by atoms with E-state index in [1.54, 1.807) is 0 Å². The highest BCUT2D eigenvalue weighted by atomic mass is 15.2. The lowest BCUT2D eigenvalue weighted by molar-refractivity contribution is 0.0346. The number of nitrogens with zero attached hydrogens (tertiary/aromatic N) is 1. The Balaban J connectivity index is 2.71. The van der Waals surface area contributed by atoms with E-state index in [1.807, 2.05) is 0 Å². The molecule has 0 radical (unpaired) electrons. The molecular formula is C14H30N2. The van der Waals surface area contributed by atoms with Gasteiger partial charge in [-0.25, -0.2) is 0 Å². The first kappa shape index (κ1) is 14.0. The van der Waals surface area contributed by atoms with E-state index in [9.17, 15) is 0 Å². The number of likely N-dealkylation sites (tertiary alicyclic amines) is 1. The second kappa shape index (κ2) is 6.02. The van der Waals surface area contributed by atoms with Gasteiger partial charge in [0, 0.05) is 18.6 Å². The molecule has 0 bridgehead atoms. The Hall–Kier alpha value is -0.0800. The van der Waals surface area contributed by atoms with Crippen LogP contribution in [0.5, 0.6) is 0 Å². The molecule has 0 aromatic rings. The summed E-state index contributed by atoms with van der Waals surface area (Å²) in [4.78, 5) is 2.70. The smallest absolute Gasteiger partial charge is 0.0269 e. The Labute approximate surface area is 102 Å². The van der Waals surface area contributed by atoms with Crippen LogP contribution in [0.1, 0.15) is 59.8 Å². The van der Waals surface area contributed by atoms with Crippen molar-refractivity contribution < 1.29 is 0 Å². The molecule has 2 nitrogen and oxygen atoms in total. The van der Waals surface area contributed by atoms with Gasteiger partial charge >= 0.3 is 0 Å². The van der Waals surface area contributed by atoms with E-state index < -0.39 is 0 Å². The maximum absolute atomic E-state index is 6.01. The first-order valence-corrected chi connectivity index (χ1v) is 6.96. The van der Waals surface area contributed by atoms with Crippen molar-refractivity contribution in [3.63, 3.8) is 0 Å². The lowest BCUT2D eigenvalue weighted by atomic mass is 9.83. The van der Waals surface area contributed by atoms with Crippen molar-refractivity contribution in [2.24, 2.45) is 11.1 Å². The van der Waals surface area contributed by atoms with E-state index in [2.05, 4.69) is 32.6 Å². The predicted octanol–water partition coefficient (Wildman–Crippen LogP) is 3.01. The molecule has 0 aromatic carbocycles. The Kier molecular flexibility index (Phi) is 5.26. The molecule has 16 heavy (non-hydrogen) atoms. The summed E-state index contributed by atoms with van der Waals surface area (Å²) in [5, 5.41) is 0. The molecule has 2 heteroatoms. The van der Waals surface area contributed by atoms with Gasteiger partial charge in [-0.05, 0) is 31.2 Å². The van der Waals surface area contributed by atoms with Crippen LogP contribution in [-0.2, 0) is 0 Å². The normalized spacial score (nSPS) is 25.7. The third-order valence-corrected chi connectivity index (χ3v) is 3.92. The van der Waals surface area contributed by atoms with Crippen LogP contribution < -0.4 is 5.73 Å². The lowest BCUT2D eigenvalue weighted by Crippen LogP contribution is -2.54. The van der Waals surface area contributed by atoms with E-state index in [0.29, 0.717) is 11.5 Å². The molecule has 0 aromatic heterocycles. The van der Waals surface area contributed by atoms with Gasteiger partial charge in [0.2, 0.25) is 0 Å². The van der Waals surface area contributed by atoms with Gasteiger partial charge in [-0.1, -0.05) is 40.5 Å². The minimum atomic E-state index is 0.304. The molecule has 1 aliphatic heterocycles. The summed E-state index contributed by atoms with van der Waals surface area (Å²) in [5.41, 5.74) is 6.31. The fourth-order valence-electron chi connectivity index (χ4n) is 3.06. The van der Waals surface area contributed by atoms with Crippen molar-refractivity contribution in [3.8, 4) is 0 Å². The minimum absolute atomic E-state index is 0.304. The molecule has 2 atom stereocenters. The Bertz CT molecular complexity index is 193. The number of hydrogen-bond donors (Lipinski definition) is 1.